The summed E-state index contributed by atoms with van der Waals surface area (Å²) in [5.41, 5.74) is 3.58. The number of hydrogen-bond donors (Lipinski definition) is 1. The van der Waals surface area contributed by atoms with Crippen LogP contribution in [0.4, 0.5) is 14.5 Å². The van der Waals surface area contributed by atoms with Crippen LogP contribution in [0.5, 0.6) is 0 Å². The molecule has 1 amide bonds. The summed E-state index contributed by atoms with van der Waals surface area (Å²) >= 11 is 0. The van der Waals surface area contributed by atoms with Gasteiger partial charge in [-0.2, -0.15) is 0 Å². The van der Waals surface area contributed by atoms with E-state index in [9.17, 15) is 13.6 Å². The van der Waals surface area contributed by atoms with Gasteiger partial charge < -0.3 is 10.2 Å². The molecule has 0 fully saturated rings. The van der Waals surface area contributed by atoms with Gasteiger partial charge in [-0.25, -0.2) is 8.78 Å². The summed E-state index contributed by atoms with van der Waals surface area (Å²) in [4.78, 5) is 14.4. The lowest BCUT2D eigenvalue weighted by molar-refractivity contribution is -0.117. The van der Waals surface area contributed by atoms with E-state index in [2.05, 4.69) is 29.4 Å². The Balaban J connectivity index is 1.68. The molecule has 1 atom stereocenters. The largest absolute Gasteiger partial charge is 0.374 e. The van der Waals surface area contributed by atoms with Crippen LogP contribution < -0.4 is 10.2 Å². The van der Waals surface area contributed by atoms with Crippen molar-refractivity contribution >= 4 is 17.7 Å². The van der Waals surface area contributed by atoms with E-state index in [1.807, 2.05) is 13.0 Å². The second kappa shape index (κ2) is 7.68. The predicted molar refractivity (Wildman–Crippen MR) is 100.0 cm³/mol. The monoisotopic (exact) mass is 356 g/mol. The van der Waals surface area contributed by atoms with Crippen LogP contribution in [0.15, 0.2) is 42.5 Å². The van der Waals surface area contributed by atoms with Crippen molar-refractivity contribution in [1.82, 2.24) is 5.32 Å². The zero-order chi connectivity index (χ0) is 18.7. The molecular weight excluding hydrogens is 334 g/mol. The topological polar surface area (TPSA) is 32.3 Å². The highest BCUT2D eigenvalue weighted by Crippen LogP contribution is 2.29. The lowest BCUT2D eigenvalue weighted by atomic mass is 9.97. The third-order valence-corrected chi connectivity index (χ3v) is 4.69. The van der Waals surface area contributed by atoms with E-state index in [0.29, 0.717) is 0 Å². The quantitative estimate of drug-likeness (QED) is 0.831. The van der Waals surface area contributed by atoms with Crippen LogP contribution in [0, 0.1) is 11.6 Å². The standard InChI is InChI=1S/C21H22F2N2O/c1-14(16-6-5-15-4-3-11-25(2)20(15)13-16)24-21(26)10-7-17-12-18(22)8-9-19(17)23/h5-10,12-14H,3-4,11H2,1-2H3,(H,24,26). The molecule has 5 heteroatoms. The van der Waals surface area contributed by atoms with E-state index in [4.69, 9.17) is 0 Å². The summed E-state index contributed by atoms with van der Waals surface area (Å²) in [6.07, 6.45) is 4.72. The number of carbonyl (C=O) groups excluding carboxylic acids is 1. The number of amides is 1. The molecule has 2 aromatic carbocycles. The maximum Gasteiger partial charge on any atom is 0.244 e. The number of nitrogens with one attached hydrogen (secondary N) is 1. The van der Waals surface area contributed by atoms with Gasteiger partial charge in [0.2, 0.25) is 5.91 Å². The Kier molecular flexibility index (Phi) is 5.35. The zero-order valence-electron chi connectivity index (χ0n) is 14.9. The highest BCUT2D eigenvalue weighted by molar-refractivity contribution is 5.92. The highest BCUT2D eigenvalue weighted by atomic mass is 19.1. The molecule has 0 radical (unpaired) electrons. The number of hydrogen-bond acceptors (Lipinski definition) is 2. The van der Waals surface area contributed by atoms with Gasteiger partial charge in [0.15, 0.2) is 0 Å². The minimum Gasteiger partial charge on any atom is -0.374 e. The Morgan fingerprint density at radius 1 is 1.23 bits per heavy atom. The number of aryl methyl sites for hydroxylation is 1. The second-order valence-corrected chi connectivity index (χ2v) is 6.64. The Morgan fingerprint density at radius 3 is 2.85 bits per heavy atom. The Hall–Kier alpha value is -2.69. The third-order valence-electron chi connectivity index (χ3n) is 4.69. The van der Waals surface area contributed by atoms with Gasteiger partial charge in [-0.3, -0.25) is 4.79 Å². The van der Waals surface area contributed by atoms with E-state index in [-0.39, 0.29) is 17.5 Å². The Morgan fingerprint density at radius 2 is 2.04 bits per heavy atom. The van der Waals surface area contributed by atoms with Gasteiger partial charge in [0.05, 0.1) is 6.04 Å². The first-order valence-electron chi connectivity index (χ1n) is 8.71. The summed E-state index contributed by atoms with van der Waals surface area (Å²) in [6, 6.07) is 9.20. The van der Waals surface area contributed by atoms with Gasteiger partial charge in [-0.15, -0.1) is 0 Å². The van der Waals surface area contributed by atoms with Gasteiger partial charge >= 0.3 is 0 Å². The van der Waals surface area contributed by atoms with E-state index in [0.717, 1.165) is 43.1 Å². The molecule has 1 aliphatic rings. The summed E-state index contributed by atoms with van der Waals surface area (Å²) in [5.74, 6) is -1.47. The van der Waals surface area contributed by atoms with Gasteiger partial charge in [0.1, 0.15) is 11.6 Å². The predicted octanol–water partition coefficient (Wildman–Crippen LogP) is 4.24. The summed E-state index contributed by atoms with van der Waals surface area (Å²) in [7, 11) is 2.07. The van der Waals surface area contributed by atoms with E-state index in [1.165, 1.54) is 23.4 Å². The Labute approximate surface area is 152 Å². The minimum atomic E-state index is -0.568. The molecule has 0 bridgehead atoms. The highest BCUT2D eigenvalue weighted by Gasteiger charge is 2.16. The third kappa shape index (κ3) is 4.10. The van der Waals surface area contributed by atoms with Crippen molar-refractivity contribution in [3.63, 3.8) is 0 Å². The first kappa shape index (κ1) is 18.1. The molecule has 0 aromatic heterocycles. The number of halogens is 2. The normalized spacial score (nSPS) is 15.0. The maximum absolute atomic E-state index is 13.6. The second-order valence-electron chi connectivity index (χ2n) is 6.64. The molecule has 0 aliphatic carbocycles. The van der Waals surface area contributed by atoms with Crippen LogP contribution >= 0.6 is 0 Å². The lowest BCUT2D eigenvalue weighted by Crippen LogP contribution is -2.27. The van der Waals surface area contributed by atoms with Crippen molar-refractivity contribution in [1.29, 1.82) is 0 Å². The van der Waals surface area contributed by atoms with Crippen molar-refractivity contribution in [2.24, 2.45) is 0 Å². The van der Waals surface area contributed by atoms with Gasteiger partial charge in [-0.05, 0) is 61.2 Å². The molecule has 1 N–H and O–H groups in total. The van der Waals surface area contributed by atoms with Crippen molar-refractivity contribution in [2.45, 2.75) is 25.8 Å². The molecule has 1 aliphatic heterocycles. The zero-order valence-corrected chi connectivity index (χ0v) is 14.9. The SMILES string of the molecule is CC(NC(=O)C=Cc1cc(F)ccc1F)c1ccc2c(c1)N(C)CCC2. The van der Waals surface area contributed by atoms with Gasteiger partial charge in [-0.1, -0.05) is 12.1 Å². The molecular formula is C21H22F2N2O. The molecule has 1 heterocycles. The van der Waals surface area contributed by atoms with Gasteiger partial charge in [0.25, 0.3) is 0 Å². The minimum absolute atomic E-state index is 0.0446. The van der Waals surface area contributed by atoms with Crippen LogP contribution in [0.1, 0.15) is 36.1 Å². The molecule has 1 unspecified atom stereocenters. The molecule has 26 heavy (non-hydrogen) atoms. The molecule has 3 rings (SSSR count). The summed E-state index contributed by atoms with van der Waals surface area (Å²) in [5, 5.41) is 2.86. The summed E-state index contributed by atoms with van der Waals surface area (Å²) in [6.45, 7) is 2.93. The number of rotatable bonds is 4. The number of nitrogens with zero attached hydrogens (tertiary/aromatic N) is 1. The van der Waals surface area contributed by atoms with Crippen molar-refractivity contribution in [2.75, 3.05) is 18.5 Å². The lowest BCUT2D eigenvalue weighted by Gasteiger charge is -2.28. The van der Waals surface area contributed by atoms with E-state index >= 15 is 0 Å². The van der Waals surface area contributed by atoms with Crippen LogP contribution in [-0.4, -0.2) is 19.5 Å². The molecule has 0 saturated heterocycles. The average Bonchev–Trinajstić information content (AvgIpc) is 2.62. The first-order valence-corrected chi connectivity index (χ1v) is 8.71. The number of anilines is 1. The smallest absolute Gasteiger partial charge is 0.244 e. The van der Waals surface area contributed by atoms with E-state index in [1.54, 1.807) is 0 Å². The van der Waals surface area contributed by atoms with Crippen LogP contribution in [0.25, 0.3) is 6.08 Å². The molecule has 2 aromatic rings. The fourth-order valence-electron chi connectivity index (χ4n) is 3.20. The molecule has 3 nitrogen and oxygen atoms in total. The van der Waals surface area contributed by atoms with Crippen LogP contribution in [0.2, 0.25) is 0 Å². The molecule has 136 valence electrons. The van der Waals surface area contributed by atoms with Crippen molar-refractivity contribution < 1.29 is 13.6 Å². The average molecular weight is 356 g/mol. The van der Waals surface area contributed by atoms with Crippen molar-refractivity contribution in [3.8, 4) is 0 Å². The Bertz CT molecular complexity index is 848. The molecule has 0 spiro atoms. The first-order chi connectivity index (χ1) is 12.4. The van der Waals surface area contributed by atoms with Crippen LogP contribution in [-0.2, 0) is 11.2 Å². The molecule has 0 saturated carbocycles. The summed E-state index contributed by atoms with van der Waals surface area (Å²) < 4.78 is 26.8. The number of fused-ring (bicyclic) bond motifs is 1. The van der Waals surface area contributed by atoms with Crippen molar-refractivity contribution in [3.05, 3.63) is 70.8 Å². The van der Waals surface area contributed by atoms with E-state index < -0.39 is 11.6 Å². The fourth-order valence-corrected chi connectivity index (χ4v) is 3.20. The van der Waals surface area contributed by atoms with Crippen LogP contribution in [0.3, 0.4) is 0 Å². The fraction of sp³-hybridized carbons (Fsp3) is 0.286. The maximum atomic E-state index is 13.6. The number of carbonyl (C=O) groups is 1. The number of benzene rings is 2. The van der Waals surface area contributed by atoms with Gasteiger partial charge in [0, 0.05) is 30.9 Å².